The summed E-state index contributed by atoms with van der Waals surface area (Å²) in [5.41, 5.74) is 2.65. The number of amides is 1. The van der Waals surface area contributed by atoms with Gasteiger partial charge in [-0.05, 0) is 44.9 Å². The number of carbonyl (C=O) groups is 2. The summed E-state index contributed by atoms with van der Waals surface area (Å²) in [6.45, 7) is 7.15. The number of alkyl carbamates (subject to hydrolysis) is 1. The highest BCUT2D eigenvalue weighted by atomic mass is 16.6. The second-order valence-corrected chi connectivity index (χ2v) is 6.70. The van der Waals surface area contributed by atoms with Crippen LogP contribution in [0, 0.1) is 12.3 Å². The van der Waals surface area contributed by atoms with Gasteiger partial charge in [-0.1, -0.05) is 6.07 Å². The van der Waals surface area contributed by atoms with Crippen molar-refractivity contribution in [1.29, 1.82) is 5.41 Å². The number of aryl methyl sites for hydroxylation is 1. The molecule has 1 amide bonds. The lowest BCUT2D eigenvalue weighted by molar-refractivity contribution is -0.143. The molecule has 1 atom stereocenters. The zero-order chi connectivity index (χ0) is 19.2. The van der Waals surface area contributed by atoms with E-state index in [4.69, 9.17) is 14.9 Å². The van der Waals surface area contributed by atoms with Crippen LogP contribution in [0.3, 0.4) is 0 Å². The quantitative estimate of drug-likeness (QED) is 0.541. The van der Waals surface area contributed by atoms with Gasteiger partial charge in [-0.3, -0.25) is 0 Å². The smallest absolute Gasteiger partial charge is 0.408 e. The van der Waals surface area contributed by atoms with E-state index in [1.165, 1.54) is 13.3 Å². The van der Waals surface area contributed by atoms with E-state index in [9.17, 15) is 9.59 Å². The van der Waals surface area contributed by atoms with E-state index in [1.54, 1.807) is 33.9 Å². The molecule has 0 heterocycles. The van der Waals surface area contributed by atoms with Crippen molar-refractivity contribution in [2.75, 3.05) is 19.5 Å². The number of hydrogen-bond donors (Lipinski definition) is 3. The minimum absolute atomic E-state index is 0.234. The molecule has 0 fully saturated rings. The molecule has 138 valence electrons. The number of anilines is 1. The Labute approximate surface area is 148 Å². The Morgan fingerprint density at radius 1 is 1.32 bits per heavy atom. The molecule has 0 spiro atoms. The van der Waals surface area contributed by atoms with Gasteiger partial charge in [0.15, 0.2) is 0 Å². The van der Waals surface area contributed by atoms with Crippen LogP contribution in [0.4, 0.5) is 10.5 Å². The van der Waals surface area contributed by atoms with Crippen molar-refractivity contribution < 1.29 is 19.1 Å². The molecule has 0 aromatic heterocycles. The number of esters is 1. The van der Waals surface area contributed by atoms with Crippen LogP contribution >= 0.6 is 0 Å². The van der Waals surface area contributed by atoms with Gasteiger partial charge >= 0.3 is 12.1 Å². The Kier molecular flexibility index (Phi) is 6.97. The second kappa shape index (κ2) is 8.50. The Hall–Kier alpha value is -2.57. The minimum atomic E-state index is -0.877. The number of ether oxygens (including phenoxy) is 2. The molecule has 0 aliphatic heterocycles. The van der Waals surface area contributed by atoms with Gasteiger partial charge in [-0.25, -0.2) is 9.59 Å². The molecule has 0 saturated carbocycles. The van der Waals surface area contributed by atoms with Crippen molar-refractivity contribution in [3.05, 3.63) is 28.8 Å². The van der Waals surface area contributed by atoms with Gasteiger partial charge < -0.3 is 25.5 Å². The number of hydrogen-bond acceptors (Lipinski definition) is 6. The van der Waals surface area contributed by atoms with E-state index in [1.807, 2.05) is 13.0 Å². The van der Waals surface area contributed by atoms with Crippen molar-refractivity contribution in [2.24, 2.45) is 0 Å². The summed E-state index contributed by atoms with van der Waals surface area (Å²) in [6, 6.07) is 2.84. The van der Waals surface area contributed by atoms with Crippen LogP contribution in [0.15, 0.2) is 12.1 Å². The molecule has 1 aromatic carbocycles. The van der Waals surface area contributed by atoms with Gasteiger partial charge in [0.1, 0.15) is 11.6 Å². The minimum Gasteiger partial charge on any atom is -0.467 e. The van der Waals surface area contributed by atoms with Gasteiger partial charge in [0.05, 0.1) is 7.11 Å². The summed E-state index contributed by atoms with van der Waals surface area (Å²) in [5, 5.41) is 13.2. The Balaban J connectivity index is 3.03. The fourth-order valence-electron chi connectivity index (χ4n) is 2.49. The first kappa shape index (κ1) is 20.5. The number of carbonyl (C=O) groups excluding carboxylic acids is 2. The molecule has 1 aromatic rings. The lowest BCUT2D eigenvalue weighted by atomic mass is 9.99. The SMILES string of the molecule is CNc1c(C)cc(C[C@@H](NC(=O)OC(C)(C)C)C(=O)OC)cc1C=N. The van der Waals surface area contributed by atoms with Crippen LogP contribution in [-0.4, -0.2) is 44.1 Å². The first-order valence-electron chi connectivity index (χ1n) is 8.00. The van der Waals surface area contributed by atoms with Crippen molar-refractivity contribution in [3.63, 3.8) is 0 Å². The lowest BCUT2D eigenvalue weighted by Gasteiger charge is -2.23. The van der Waals surface area contributed by atoms with Gasteiger partial charge in [-0.15, -0.1) is 0 Å². The zero-order valence-electron chi connectivity index (χ0n) is 15.6. The highest BCUT2D eigenvalue weighted by Gasteiger charge is 2.25. The van der Waals surface area contributed by atoms with E-state index >= 15 is 0 Å². The summed E-state index contributed by atoms with van der Waals surface area (Å²) < 4.78 is 9.98. The highest BCUT2D eigenvalue weighted by Crippen LogP contribution is 2.22. The highest BCUT2D eigenvalue weighted by molar-refractivity contribution is 5.88. The van der Waals surface area contributed by atoms with Crippen LogP contribution in [0.5, 0.6) is 0 Å². The van der Waals surface area contributed by atoms with Gasteiger partial charge in [0.2, 0.25) is 0 Å². The van der Waals surface area contributed by atoms with Gasteiger partial charge in [0, 0.05) is 30.9 Å². The predicted octanol–water partition coefficient (Wildman–Crippen LogP) is 2.64. The summed E-state index contributed by atoms with van der Waals surface area (Å²) in [7, 11) is 3.06. The van der Waals surface area contributed by atoms with Crippen molar-refractivity contribution >= 4 is 24.0 Å². The predicted molar refractivity (Wildman–Crippen MR) is 97.5 cm³/mol. The van der Waals surface area contributed by atoms with Crippen LogP contribution in [0.25, 0.3) is 0 Å². The molecule has 0 unspecified atom stereocenters. The molecule has 0 radical (unpaired) electrons. The van der Waals surface area contributed by atoms with E-state index in [0.717, 1.165) is 16.8 Å². The van der Waals surface area contributed by atoms with E-state index < -0.39 is 23.7 Å². The van der Waals surface area contributed by atoms with E-state index in [-0.39, 0.29) is 6.42 Å². The number of rotatable bonds is 6. The van der Waals surface area contributed by atoms with Crippen molar-refractivity contribution in [1.82, 2.24) is 5.32 Å². The summed E-state index contributed by atoms with van der Waals surface area (Å²) in [6.07, 6.45) is 0.799. The fraction of sp³-hybridized carbons (Fsp3) is 0.500. The maximum atomic E-state index is 12.0. The summed E-state index contributed by atoms with van der Waals surface area (Å²) in [4.78, 5) is 24.0. The maximum absolute atomic E-state index is 12.0. The average molecular weight is 349 g/mol. The third-order valence-corrected chi connectivity index (χ3v) is 3.45. The largest absolute Gasteiger partial charge is 0.467 e. The zero-order valence-corrected chi connectivity index (χ0v) is 15.6. The topological polar surface area (TPSA) is 101 Å². The molecule has 0 aliphatic rings. The molecule has 25 heavy (non-hydrogen) atoms. The summed E-state index contributed by atoms with van der Waals surface area (Å²) in [5.74, 6) is -0.558. The summed E-state index contributed by atoms with van der Waals surface area (Å²) >= 11 is 0. The van der Waals surface area contributed by atoms with Crippen molar-refractivity contribution in [2.45, 2.75) is 45.8 Å². The molecule has 0 saturated heterocycles. The van der Waals surface area contributed by atoms with E-state index in [2.05, 4.69) is 10.6 Å². The Morgan fingerprint density at radius 2 is 1.96 bits per heavy atom. The number of nitrogens with one attached hydrogen (secondary N) is 3. The molecule has 7 heteroatoms. The third-order valence-electron chi connectivity index (χ3n) is 3.45. The van der Waals surface area contributed by atoms with Gasteiger partial charge in [-0.2, -0.15) is 0 Å². The standard InChI is InChI=1S/C18H27N3O4/c1-11-7-12(8-13(10-19)15(11)20-5)9-14(16(22)24-6)21-17(23)25-18(2,3)4/h7-8,10,14,19-20H,9H2,1-6H3,(H,21,23)/t14-/m1/s1. The van der Waals surface area contributed by atoms with E-state index in [0.29, 0.717) is 5.56 Å². The second-order valence-electron chi connectivity index (χ2n) is 6.70. The maximum Gasteiger partial charge on any atom is 0.408 e. The molecule has 0 bridgehead atoms. The molecule has 7 nitrogen and oxygen atoms in total. The molecular formula is C18H27N3O4. The van der Waals surface area contributed by atoms with Crippen LogP contribution in [0.1, 0.15) is 37.5 Å². The monoisotopic (exact) mass is 349 g/mol. The molecule has 0 aliphatic carbocycles. The first-order chi connectivity index (χ1) is 11.6. The van der Waals surface area contributed by atoms with Gasteiger partial charge in [0.25, 0.3) is 0 Å². The molecule has 1 rings (SSSR count). The molecule has 3 N–H and O–H groups in total. The van der Waals surface area contributed by atoms with Crippen molar-refractivity contribution in [3.8, 4) is 0 Å². The van der Waals surface area contributed by atoms with Crippen LogP contribution in [-0.2, 0) is 20.7 Å². The first-order valence-corrected chi connectivity index (χ1v) is 8.00. The Morgan fingerprint density at radius 3 is 2.44 bits per heavy atom. The molecular weight excluding hydrogens is 322 g/mol. The normalized spacial score (nSPS) is 12.1. The number of methoxy groups -OCH3 is 1. The fourth-order valence-corrected chi connectivity index (χ4v) is 2.49. The lowest BCUT2D eigenvalue weighted by Crippen LogP contribution is -2.45. The third kappa shape index (κ3) is 6.10. The number of benzene rings is 1. The Bertz CT molecular complexity index is 650. The van der Waals surface area contributed by atoms with Crippen LogP contribution < -0.4 is 10.6 Å². The average Bonchev–Trinajstić information content (AvgIpc) is 2.51. The van der Waals surface area contributed by atoms with Crippen LogP contribution in [0.2, 0.25) is 0 Å².